The molecule has 1 unspecified atom stereocenters. The number of imidazole rings is 1. The van der Waals surface area contributed by atoms with Gasteiger partial charge in [0, 0.05) is 18.4 Å². The molecule has 0 aliphatic carbocycles. The van der Waals surface area contributed by atoms with Gasteiger partial charge in [0.2, 0.25) is 5.95 Å². The number of rotatable bonds is 5. The zero-order chi connectivity index (χ0) is 13.7. The third kappa shape index (κ3) is 3.64. The summed E-state index contributed by atoms with van der Waals surface area (Å²) in [6.45, 7) is 0. The highest BCUT2D eigenvalue weighted by Gasteiger charge is 2.23. The molecule has 6 heteroatoms. The largest absolute Gasteiger partial charge is 0.382 e. The summed E-state index contributed by atoms with van der Waals surface area (Å²) in [6.07, 6.45) is 2.22. The molecular formula is C13H16N4O2. The molecule has 0 aliphatic rings. The Bertz CT molecular complexity index is 513. The van der Waals surface area contributed by atoms with Crippen LogP contribution in [0, 0.1) is 0 Å². The molecular weight excluding hydrogens is 244 g/mol. The van der Waals surface area contributed by atoms with Crippen molar-refractivity contribution in [2.75, 3.05) is 5.32 Å². The summed E-state index contributed by atoms with van der Waals surface area (Å²) in [5.74, 6) is -0.283. The standard InChI is InChI=1S/C13H16N4O2/c14-10(8-9-4-2-1-3-5-9)11(18)12(19)17-13-15-6-7-16-13/h1-7,10-11,18H,8,14H2,(H2,15,16,17,19)/t10?,11-/m1/s1. The molecule has 0 radical (unpaired) electrons. The molecule has 1 aromatic carbocycles. The number of nitrogens with one attached hydrogen (secondary N) is 2. The fourth-order valence-electron chi connectivity index (χ4n) is 1.72. The Kier molecular flexibility index (Phi) is 4.27. The Hall–Kier alpha value is -2.18. The first-order chi connectivity index (χ1) is 9.16. The van der Waals surface area contributed by atoms with E-state index in [1.807, 2.05) is 30.3 Å². The highest BCUT2D eigenvalue weighted by Crippen LogP contribution is 2.06. The fraction of sp³-hybridized carbons (Fsp3) is 0.231. The quantitative estimate of drug-likeness (QED) is 0.619. The molecule has 6 nitrogen and oxygen atoms in total. The summed E-state index contributed by atoms with van der Waals surface area (Å²) in [5.41, 5.74) is 6.81. The van der Waals surface area contributed by atoms with Gasteiger partial charge < -0.3 is 15.8 Å². The summed E-state index contributed by atoms with van der Waals surface area (Å²) in [6, 6.07) is 8.80. The summed E-state index contributed by atoms with van der Waals surface area (Å²) in [7, 11) is 0. The number of amides is 1. The Morgan fingerprint density at radius 2 is 2.16 bits per heavy atom. The topological polar surface area (TPSA) is 104 Å². The van der Waals surface area contributed by atoms with Crippen LogP contribution >= 0.6 is 0 Å². The molecule has 2 atom stereocenters. The van der Waals surface area contributed by atoms with E-state index in [0.29, 0.717) is 6.42 Å². The number of carbonyl (C=O) groups is 1. The minimum Gasteiger partial charge on any atom is -0.382 e. The zero-order valence-electron chi connectivity index (χ0n) is 10.3. The van der Waals surface area contributed by atoms with Gasteiger partial charge in [-0.1, -0.05) is 30.3 Å². The Labute approximate surface area is 110 Å². The second-order valence-corrected chi connectivity index (χ2v) is 4.23. The first kappa shape index (κ1) is 13.3. The molecule has 0 fully saturated rings. The molecule has 100 valence electrons. The SMILES string of the molecule is NC(Cc1ccccc1)[C@@H](O)C(=O)Nc1ncc[nH]1. The van der Waals surface area contributed by atoms with Crippen LogP contribution in [0.5, 0.6) is 0 Å². The zero-order valence-corrected chi connectivity index (χ0v) is 10.3. The van der Waals surface area contributed by atoms with Gasteiger partial charge in [-0.05, 0) is 12.0 Å². The molecule has 2 aromatic rings. The van der Waals surface area contributed by atoms with E-state index in [1.165, 1.54) is 6.20 Å². The maximum atomic E-state index is 11.7. The van der Waals surface area contributed by atoms with Crippen molar-refractivity contribution in [3.05, 3.63) is 48.3 Å². The van der Waals surface area contributed by atoms with Crippen LogP contribution in [0.1, 0.15) is 5.56 Å². The van der Waals surface area contributed by atoms with Gasteiger partial charge in [-0.25, -0.2) is 4.98 Å². The summed E-state index contributed by atoms with van der Waals surface area (Å²) < 4.78 is 0. The monoisotopic (exact) mass is 260 g/mol. The van der Waals surface area contributed by atoms with Crippen LogP contribution in [0.2, 0.25) is 0 Å². The number of hydrogen-bond acceptors (Lipinski definition) is 4. The molecule has 0 spiro atoms. The van der Waals surface area contributed by atoms with E-state index in [1.54, 1.807) is 6.20 Å². The van der Waals surface area contributed by atoms with Gasteiger partial charge in [0.15, 0.2) is 0 Å². The highest BCUT2D eigenvalue weighted by molar-refractivity contribution is 5.93. The number of aliphatic hydroxyl groups excluding tert-OH is 1. The molecule has 0 saturated heterocycles. The van der Waals surface area contributed by atoms with Crippen molar-refractivity contribution in [3.8, 4) is 0 Å². The third-order valence-electron chi connectivity index (χ3n) is 2.73. The van der Waals surface area contributed by atoms with Crippen molar-refractivity contribution in [1.82, 2.24) is 9.97 Å². The van der Waals surface area contributed by atoms with E-state index >= 15 is 0 Å². The number of aliphatic hydroxyl groups is 1. The molecule has 5 N–H and O–H groups in total. The maximum Gasteiger partial charge on any atom is 0.257 e. The van der Waals surface area contributed by atoms with Crippen molar-refractivity contribution in [1.29, 1.82) is 0 Å². The number of nitrogens with two attached hydrogens (primary N) is 1. The summed E-state index contributed by atoms with van der Waals surface area (Å²) in [4.78, 5) is 18.3. The van der Waals surface area contributed by atoms with Gasteiger partial charge in [0.05, 0.1) is 0 Å². The van der Waals surface area contributed by atoms with Crippen LogP contribution < -0.4 is 11.1 Å². The van der Waals surface area contributed by atoms with E-state index in [9.17, 15) is 9.90 Å². The van der Waals surface area contributed by atoms with Gasteiger partial charge in [-0.3, -0.25) is 10.1 Å². The van der Waals surface area contributed by atoms with Crippen LogP contribution in [0.15, 0.2) is 42.7 Å². The minimum atomic E-state index is -1.29. The van der Waals surface area contributed by atoms with Crippen LogP contribution in [0.4, 0.5) is 5.95 Å². The molecule has 1 amide bonds. The maximum absolute atomic E-state index is 11.7. The normalized spacial score (nSPS) is 13.8. The summed E-state index contributed by atoms with van der Waals surface area (Å²) in [5, 5.41) is 12.3. The third-order valence-corrected chi connectivity index (χ3v) is 2.73. The molecule has 0 bridgehead atoms. The lowest BCUT2D eigenvalue weighted by Gasteiger charge is -2.17. The first-order valence-corrected chi connectivity index (χ1v) is 5.94. The number of aromatic amines is 1. The number of nitrogens with zero attached hydrogens (tertiary/aromatic N) is 1. The van der Waals surface area contributed by atoms with Gasteiger partial charge in [-0.2, -0.15) is 0 Å². The minimum absolute atomic E-state index is 0.288. The average molecular weight is 260 g/mol. The smallest absolute Gasteiger partial charge is 0.257 e. The van der Waals surface area contributed by atoms with Crippen molar-refractivity contribution in [2.24, 2.45) is 5.73 Å². The predicted molar refractivity (Wildman–Crippen MR) is 71.3 cm³/mol. The van der Waals surface area contributed by atoms with E-state index in [4.69, 9.17) is 5.73 Å². The molecule has 1 aromatic heterocycles. The number of carbonyl (C=O) groups excluding carboxylic acids is 1. The molecule has 0 saturated carbocycles. The van der Waals surface area contributed by atoms with Crippen molar-refractivity contribution in [3.63, 3.8) is 0 Å². The van der Waals surface area contributed by atoms with E-state index in [2.05, 4.69) is 15.3 Å². The van der Waals surface area contributed by atoms with Crippen molar-refractivity contribution < 1.29 is 9.90 Å². The number of aromatic nitrogens is 2. The summed E-state index contributed by atoms with van der Waals surface area (Å²) >= 11 is 0. The Morgan fingerprint density at radius 3 is 2.79 bits per heavy atom. The highest BCUT2D eigenvalue weighted by atomic mass is 16.3. The molecule has 2 rings (SSSR count). The van der Waals surface area contributed by atoms with Crippen LogP contribution in [-0.4, -0.2) is 33.1 Å². The van der Waals surface area contributed by atoms with Crippen LogP contribution in [-0.2, 0) is 11.2 Å². The lowest BCUT2D eigenvalue weighted by Crippen LogP contribution is -2.44. The van der Waals surface area contributed by atoms with Crippen LogP contribution in [0.3, 0.4) is 0 Å². The van der Waals surface area contributed by atoms with E-state index in [0.717, 1.165) is 5.56 Å². The number of H-pyrrole nitrogens is 1. The second-order valence-electron chi connectivity index (χ2n) is 4.23. The number of benzene rings is 1. The number of hydrogen-bond donors (Lipinski definition) is 4. The van der Waals surface area contributed by atoms with E-state index < -0.39 is 18.1 Å². The molecule has 1 heterocycles. The average Bonchev–Trinajstić information content (AvgIpc) is 2.91. The van der Waals surface area contributed by atoms with Crippen molar-refractivity contribution >= 4 is 11.9 Å². The van der Waals surface area contributed by atoms with Gasteiger partial charge in [0.25, 0.3) is 5.91 Å². The van der Waals surface area contributed by atoms with Gasteiger partial charge in [-0.15, -0.1) is 0 Å². The molecule has 0 aliphatic heterocycles. The Balaban J connectivity index is 1.91. The van der Waals surface area contributed by atoms with Crippen LogP contribution in [0.25, 0.3) is 0 Å². The van der Waals surface area contributed by atoms with E-state index in [-0.39, 0.29) is 5.95 Å². The first-order valence-electron chi connectivity index (χ1n) is 5.94. The lowest BCUT2D eigenvalue weighted by atomic mass is 10.0. The molecule has 19 heavy (non-hydrogen) atoms. The number of anilines is 1. The Morgan fingerprint density at radius 1 is 1.42 bits per heavy atom. The van der Waals surface area contributed by atoms with Crippen molar-refractivity contribution in [2.45, 2.75) is 18.6 Å². The second kappa shape index (κ2) is 6.12. The lowest BCUT2D eigenvalue weighted by molar-refractivity contribution is -0.124. The fourth-order valence-corrected chi connectivity index (χ4v) is 1.72. The predicted octanol–water partition coefficient (Wildman–Crippen LogP) is 0.279. The van der Waals surface area contributed by atoms with Gasteiger partial charge >= 0.3 is 0 Å². The van der Waals surface area contributed by atoms with Gasteiger partial charge in [0.1, 0.15) is 6.10 Å².